The summed E-state index contributed by atoms with van der Waals surface area (Å²) in [6.45, 7) is 3.15. The second-order valence-electron chi connectivity index (χ2n) is 5.09. The average Bonchev–Trinajstić information content (AvgIpc) is 2.59. The molecule has 2 rings (SSSR count). The summed E-state index contributed by atoms with van der Waals surface area (Å²) in [6, 6.07) is 8.17. The molecular weight excluding hydrogens is 373 g/mol. The summed E-state index contributed by atoms with van der Waals surface area (Å²) in [5.41, 5.74) is -1.65. The minimum absolute atomic E-state index is 0.0731. The fourth-order valence-electron chi connectivity index (χ4n) is 2.22. The number of anilines is 1. The molecule has 0 N–H and O–H groups in total. The summed E-state index contributed by atoms with van der Waals surface area (Å²) in [5, 5.41) is 11.1. The lowest BCUT2D eigenvalue weighted by Gasteiger charge is -2.23. The van der Waals surface area contributed by atoms with Crippen LogP contribution in [0.4, 0.5) is 24.5 Å². The Bertz CT molecular complexity index is 925. The summed E-state index contributed by atoms with van der Waals surface area (Å²) in [6.07, 6.45) is -3.34. The first-order valence-corrected chi connectivity index (χ1v) is 8.57. The molecule has 0 radical (unpaired) electrons. The maximum Gasteiger partial charge on any atom is 0.416 e. The Hall–Kier alpha value is -2.88. The van der Waals surface area contributed by atoms with Crippen molar-refractivity contribution in [3.8, 4) is 0 Å². The van der Waals surface area contributed by atoms with Gasteiger partial charge < -0.3 is 0 Å². The average molecular weight is 386 g/mol. The fourth-order valence-corrected chi connectivity index (χ4v) is 3.82. The highest BCUT2D eigenvalue weighted by molar-refractivity contribution is 7.93. The molecule has 6 nitrogen and oxygen atoms in total. The monoisotopic (exact) mass is 386 g/mol. The molecule has 2 aromatic rings. The normalized spacial score (nSPS) is 11.8. The van der Waals surface area contributed by atoms with Crippen LogP contribution in [0.2, 0.25) is 0 Å². The van der Waals surface area contributed by atoms with E-state index in [2.05, 4.69) is 6.58 Å². The summed E-state index contributed by atoms with van der Waals surface area (Å²) >= 11 is 0. The molecule has 26 heavy (non-hydrogen) atoms. The molecule has 0 saturated carbocycles. The predicted octanol–water partition coefficient (Wildman–Crippen LogP) is 3.99. The summed E-state index contributed by atoms with van der Waals surface area (Å²) in [4.78, 5) is 9.71. The topological polar surface area (TPSA) is 80.5 Å². The van der Waals surface area contributed by atoms with Gasteiger partial charge in [-0.05, 0) is 30.3 Å². The predicted molar refractivity (Wildman–Crippen MR) is 89.3 cm³/mol. The third-order valence-electron chi connectivity index (χ3n) is 3.41. The van der Waals surface area contributed by atoms with E-state index >= 15 is 0 Å². The maximum absolute atomic E-state index is 12.9. The fraction of sp³-hybridized carbons (Fsp3) is 0.125. The van der Waals surface area contributed by atoms with E-state index < -0.39 is 37.3 Å². The highest BCUT2D eigenvalue weighted by atomic mass is 32.2. The van der Waals surface area contributed by atoms with Gasteiger partial charge in [-0.15, -0.1) is 6.58 Å². The second kappa shape index (κ2) is 7.16. The van der Waals surface area contributed by atoms with Crippen molar-refractivity contribution in [2.24, 2.45) is 0 Å². The van der Waals surface area contributed by atoms with Gasteiger partial charge in [-0.1, -0.05) is 18.2 Å². The zero-order chi connectivity index (χ0) is 19.5. The summed E-state index contributed by atoms with van der Waals surface area (Å²) in [7, 11) is -4.40. The number of para-hydroxylation sites is 1. The van der Waals surface area contributed by atoms with Gasteiger partial charge >= 0.3 is 6.18 Å². The zero-order valence-corrected chi connectivity index (χ0v) is 14.0. The number of alkyl halides is 3. The van der Waals surface area contributed by atoms with Crippen molar-refractivity contribution in [1.82, 2.24) is 0 Å². The molecule has 0 saturated heterocycles. The van der Waals surface area contributed by atoms with Crippen molar-refractivity contribution < 1.29 is 26.5 Å². The van der Waals surface area contributed by atoms with E-state index in [0.717, 1.165) is 40.7 Å². The Morgan fingerprint density at radius 2 is 1.69 bits per heavy atom. The van der Waals surface area contributed by atoms with E-state index in [1.165, 1.54) is 18.2 Å². The van der Waals surface area contributed by atoms with Crippen LogP contribution in [-0.2, 0) is 16.2 Å². The van der Waals surface area contributed by atoms with Crippen molar-refractivity contribution in [1.29, 1.82) is 0 Å². The molecular formula is C16H13F3N2O4S. The number of halogens is 3. The molecule has 0 aliphatic rings. The number of benzene rings is 2. The molecule has 138 valence electrons. The van der Waals surface area contributed by atoms with Gasteiger partial charge in [0.2, 0.25) is 0 Å². The lowest BCUT2D eigenvalue weighted by atomic mass is 10.2. The number of sulfonamides is 1. The summed E-state index contributed by atoms with van der Waals surface area (Å²) < 4.78 is 64.6. The molecule has 0 unspecified atom stereocenters. The number of hydrogen-bond donors (Lipinski definition) is 0. The van der Waals surface area contributed by atoms with Crippen LogP contribution in [0.5, 0.6) is 0 Å². The lowest BCUT2D eigenvalue weighted by Crippen LogP contribution is -2.31. The Kier molecular flexibility index (Phi) is 5.36. The van der Waals surface area contributed by atoms with Gasteiger partial charge in [-0.25, -0.2) is 8.42 Å². The number of nitrogens with zero attached hydrogens (tertiary/aromatic N) is 2. The van der Waals surface area contributed by atoms with Crippen molar-refractivity contribution in [3.05, 3.63) is 76.9 Å². The van der Waals surface area contributed by atoms with Crippen LogP contribution in [0.15, 0.2) is 66.1 Å². The smallest absolute Gasteiger partial charge is 0.262 e. The lowest BCUT2D eigenvalue weighted by molar-refractivity contribution is -0.387. The third kappa shape index (κ3) is 3.85. The van der Waals surface area contributed by atoms with Crippen LogP contribution in [0.25, 0.3) is 0 Å². The van der Waals surface area contributed by atoms with E-state index in [9.17, 15) is 31.7 Å². The van der Waals surface area contributed by atoms with Gasteiger partial charge in [0.05, 0.1) is 22.7 Å². The summed E-state index contributed by atoms with van der Waals surface area (Å²) in [5.74, 6) is 0. The molecule has 0 heterocycles. The quantitative estimate of drug-likeness (QED) is 0.427. The van der Waals surface area contributed by atoms with Crippen LogP contribution in [0, 0.1) is 10.1 Å². The molecule has 0 aliphatic carbocycles. The first kappa shape index (κ1) is 19.4. The van der Waals surface area contributed by atoms with Crippen molar-refractivity contribution in [3.63, 3.8) is 0 Å². The van der Waals surface area contributed by atoms with Gasteiger partial charge in [0, 0.05) is 6.07 Å². The van der Waals surface area contributed by atoms with Gasteiger partial charge in [0.1, 0.15) is 0 Å². The van der Waals surface area contributed by atoms with E-state index in [4.69, 9.17) is 0 Å². The van der Waals surface area contributed by atoms with Gasteiger partial charge in [0.25, 0.3) is 15.7 Å². The van der Waals surface area contributed by atoms with Crippen LogP contribution >= 0.6 is 0 Å². The Morgan fingerprint density at radius 3 is 2.19 bits per heavy atom. The van der Waals surface area contributed by atoms with E-state index in [0.29, 0.717) is 0 Å². The number of nitro groups is 1. The molecule has 0 aromatic heterocycles. The minimum atomic E-state index is -4.57. The van der Waals surface area contributed by atoms with Crippen LogP contribution in [-0.4, -0.2) is 19.9 Å². The van der Waals surface area contributed by atoms with Gasteiger partial charge in [-0.2, -0.15) is 13.2 Å². The van der Waals surface area contributed by atoms with Gasteiger partial charge in [-0.3, -0.25) is 14.4 Å². The van der Waals surface area contributed by atoms with Crippen LogP contribution in [0.1, 0.15) is 5.56 Å². The highest BCUT2D eigenvalue weighted by Gasteiger charge is 2.33. The molecule has 0 atom stereocenters. The first-order chi connectivity index (χ1) is 12.1. The van der Waals surface area contributed by atoms with E-state index in [-0.39, 0.29) is 12.2 Å². The molecule has 0 fully saturated rings. The van der Waals surface area contributed by atoms with Crippen LogP contribution < -0.4 is 4.31 Å². The SMILES string of the molecule is C=CCN(c1ccc(C(F)(F)F)cc1)S(=O)(=O)c1ccccc1[N+](=O)[O-]. The highest BCUT2D eigenvalue weighted by Crippen LogP contribution is 2.33. The first-order valence-electron chi connectivity index (χ1n) is 7.13. The van der Waals surface area contributed by atoms with Crippen LogP contribution in [0.3, 0.4) is 0 Å². The molecule has 0 amide bonds. The largest absolute Gasteiger partial charge is 0.416 e. The Labute approximate surface area is 147 Å². The molecule has 10 heteroatoms. The standard InChI is InChI=1S/C16H13F3N2O4S/c1-2-11-20(13-9-7-12(8-10-13)16(17,18)19)26(24,25)15-6-4-3-5-14(15)21(22)23/h2-10H,1,11H2. The number of hydrogen-bond acceptors (Lipinski definition) is 4. The maximum atomic E-state index is 12.9. The van der Waals surface area contributed by atoms with Gasteiger partial charge in [0.15, 0.2) is 4.90 Å². The zero-order valence-electron chi connectivity index (χ0n) is 13.2. The van der Waals surface area contributed by atoms with E-state index in [1.807, 2.05) is 0 Å². The third-order valence-corrected chi connectivity index (χ3v) is 5.25. The molecule has 0 bridgehead atoms. The van der Waals surface area contributed by atoms with E-state index in [1.54, 1.807) is 0 Å². The minimum Gasteiger partial charge on any atom is -0.262 e. The second-order valence-corrected chi connectivity index (χ2v) is 6.93. The van der Waals surface area contributed by atoms with Crippen molar-refractivity contribution in [2.45, 2.75) is 11.1 Å². The molecule has 0 spiro atoms. The number of rotatable bonds is 6. The Balaban J connectivity index is 2.56. The number of nitro benzene ring substituents is 1. The molecule has 2 aromatic carbocycles. The Morgan fingerprint density at radius 1 is 1.12 bits per heavy atom. The van der Waals surface area contributed by atoms with Crippen molar-refractivity contribution >= 4 is 21.4 Å². The van der Waals surface area contributed by atoms with Crippen molar-refractivity contribution in [2.75, 3.05) is 10.8 Å². The molecule has 0 aliphatic heterocycles.